The highest BCUT2D eigenvalue weighted by Crippen LogP contribution is 2.26. The summed E-state index contributed by atoms with van der Waals surface area (Å²) in [6.45, 7) is 4.31. The van der Waals surface area contributed by atoms with E-state index in [1.54, 1.807) is 31.1 Å². The fourth-order valence-electron chi connectivity index (χ4n) is 2.84. The Kier molecular flexibility index (Phi) is 4.74. The average Bonchev–Trinajstić information content (AvgIpc) is 3.06. The van der Waals surface area contributed by atoms with Crippen molar-refractivity contribution in [2.24, 2.45) is 0 Å². The van der Waals surface area contributed by atoms with E-state index in [0.29, 0.717) is 18.8 Å². The normalized spacial score (nSPS) is 16.1. The van der Waals surface area contributed by atoms with Gasteiger partial charge in [-0.15, -0.1) is 0 Å². The van der Waals surface area contributed by atoms with E-state index in [9.17, 15) is 9.59 Å². The molecule has 0 radical (unpaired) electrons. The number of ketones is 1. The monoisotopic (exact) mass is 339 g/mol. The number of hydrogen-bond donors (Lipinski definition) is 0. The van der Waals surface area contributed by atoms with Crippen LogP contribution in [0.1, 0.15) is 31.6 Å². The van der Waals surface area contributed by atoms with E-state index in [1.807, 2.05) is 36.4 Å². The minimum Gasteiger partial charge on any atom is -0.481 e. The zero-order valence-electron chi connectivity index (χ0n) is 14.4. The van der Waals surface area contributed by atoms with Crippen LogP contribution in [0.15, 0.2) is 65.0 Å². The average molecular weight is 339 g/mol. The summed E-state index contributed by atoms with van der Waals surface area (Å²) in [6.07, 6.45) is 3.14. The van der Waals surface area contributed by atoms with Crippen LogP contribution in [0.2, 0.25) is 0 Å². The quantitative estimate of drug-likeness (QED) is 0.837. The third-order valence-corrected chi connectivity index (χ3v) is 3.92. The van der Waals surface area contributed by atoms with Crippen LogP contribution in [-0.4, -0.2) is 22.2 Å². The highest BCUT2D eigenvalue weighted by atomic mass is 16.5. The molecule has 2 aromatic rings. The van der Waals surface area contributed by atoms with Crippen LogP contribution in [0.5, 0.6) is 0 Å². The van der Waals surface area contributed by atoms with Gasteiger partial charge in [-0.25, -0.2) is 0 Å². The maximum Gasteiger partial charge on any atom is 0.289 e. The highest BCUT2D eigenvalue weighted by molar-refractivity contribution is 6.01. The first-order chi connectivity index (χ1) is 11.9. The Morgan fingerprint density at radius 2 is 1.88 bits per heavy atom. The number of allylic oxidation sites excluding steroid dienone is 1. The first-order valence-corrected chi connectivity index (χ1v) is 8.22. The van der Waals surface area contributed by atoms with E-state index in [-0.39, 0.29) is 23.9 Å². The highest BCUT2D eigenvalue weighted by Gasteiger charge is 2.33. The lowest BCUT2D eigenvalue weighted by Crippen LogP contribution is -2.39. The zero-order valence-corrected chi connectivity index (χ0v) is 14.4. The Hall–Kier alpha value is -2.82. The smallest absolute Gasteiger partial charge is 0.289 e. The lowest BCUT2D eigenvalue weighted by Gasteiger charge is -2.32. The van der Waals surface area contributed by atoms with Gasteiger partial charge in [0.1, 0.15) is 11.4 Å². The largest absolute Gasteiger partial charge is 0.481 e. The zero-order chi connectivity index (χ0) is 17.9. The minimum atomic E-state index is -0.681. The molecule has 0 atom stereocenters. The number of carbonyl (C=O) groups excluding carboxylic acids is 2. The number of furan rings is 1. The molecule has 5 heteroatoms. The molecule has 0 unspecified atom stereocenters. The predicted molar refractivity (Wildman–Crippen MR) is 92.3 cm³/mol. The van der Waals surface area contributed by atoms with Crippen molar-refractivity contribution in [2.45, 2.75) is 39.0 Å². The molecule has 1 aliphatic rings. The Bertz CT molecular complexity index is 775. The number of ether oxygens (including phenoxy) is 1. The molecule has 130 valence electrons. The van der Waals surface area contributed by atoms with Crippen molar-refractivity contribution < 1.29 is 18.7 Å². The van der Waals surface area contributed by atoms with Gasteiger partial charge >= 0.3 is 0 Å². The molecular formula is C20H21NO4. The van der Waals surface area contributed by atoms with Gasteiger partial charge in [0.25, 0.3) is 5.91 Å². The third kappa shape index (κ3) is 4.38. The summed E-state index contributed by atoms with van der Waals surface area (Å²) in [6, 6.07) is 13.3. The van der Waals surface area contributed by atoms with Gasteiger partial charge in [-0.1, -0.05) is 30.3 Å². The summed E-state index contributed by atoms with van der Waals surface area (Å²) in [5.74, 6) is 0.341. The Morgan fingerprint density at radius 1 is 1.12 bits per heavy atom. The van der Waals surface area contributed by atoms with Gasteiger partial charge in [0.05, 0.1) is 12.8 Å². The van der Waals surface area contributed by atoms with Gasteiger partial charge < -0.3 is 14.1 Å². The van der Waals surface area contributed by atoms with Crippen molar-refractivity contribution in [2.75, 3.05) is 0 Å². The first kappa shape index (κ1) is 17.0. The van der Waals surface area contributed by atoms with Crippen LogP contribution in [0.4, 0.5) is 0 Å². The molecule has 5 nitrogen and oxygen atoms in total. The first-order valence-electron chi connectivity index (χ1n) is 8.22. The summed E-state index contributed by atoms with van der Waals surface area (Å²) >= 11 is 0. The van der Waals surface area contributed by atoms with Crippen molar-refractivity contribution >= 4 is 11.7 Å². The lowest BCUT2D eigenvalue weighted by atomic mass is 9.98. The van der Waals surface area contributed by atoms with E-state index >= 15 is 0 Å². The van der Waals surface area contributed by atoms with Gasteiger partial charge in [-0.3, -0.25) is 9.59 Å². The van der Waals surface area contributed by atoms with Crippen molar-refractivity contribution in [1.29, 1.82) is 0 Å². The topological polar surface area (TPSA) is 59.8 Å². The second kappa shape index (κ2) is 6.97. The van der Waals surface area contributed by atoms with E-state index in [4.69, 9.17) is 9.15 Å². The molecule has 1 aromatic carbocycles. The van der Waals surface area contributed by atoms with Gasteiger partial charge in [-0.2, -0.15) is 0 Å². The van der Waals surface area contributed by atoms with Crippen LogP contribution < -0.4 is 0 Å². The fraction of sp³-hybridized carbons (Fsp3) is 0.300. The Labute approximate surface area is 146 Å². The molecule has 1 amide bonds. The molecule has 25 heavy (non-hydrogen) atoms. The van der Waals surface area contributed by atoms with E-state index in [1.165, 1.54) is 6.08 Å². The molecule has 0 fully saturated rings. The van der Waals surface area contributed by atoms with Crippen LogP contribution in [0.25, 0.3) is 0 Å². The third-order valence-electron chi connectivity index (χ3n) is 3.92. The molecule has 2 heterocycles. The molecule has 0 saturated heterocycles. The summed E-state index contributed by atoms with van der Waals surface area (Å²) in [5, 5.41) is 0. The van der Waals surface area contributed by atoms with Crippen molar-refractivity contribution in [3.05, 3.63) is 71.9 Å². The van der Waals surface area contributed by atoms with Gasteiger partial charge in [0.15, 0.2) is 11.5 Å². The van der Waals surface area contributed by atoms with Gasteiger partial charge in [-0.05, 0) is 31.5 Å². The number of carbonyl (C=O) groups is 2. The number of hydrogen-bond acceptors (Lipinski definition) is 4. The fourth-order valence-corrected chi connectivity index (χ4v) is 2.84. The van der Waals surface area contributed by atoms with Crippen LogP contribution in [-0.2, 0) is 27.4 Å². The summed E-state index contributed by atoms with van der Waals surface area (Å²) in [7, 11) is 0. The summed E-state index contributed by atoms with van der Waals surface area (Å²) in [5.41, 5.74) is 0.310. The van der Waals surface area contributed by atoms with Crippen LogP contribution >= 0.6 is 0 Å². The second-order valence-corrected chi connectivity index (χ2v) is 6.74. The second-order valence-electron chi connectivity index (χ2n) is 6.74. The molecule has 1 aliphatic heterocycles. The van der Waals surface area contributed by atoms with E-state index in [0.717, 1.165) is 5.56 Å². The summed E-state index contributed by atoms with van der Waals surface area (Å²) < 4.78 is 11.1. The van der Waals surface area contributed by atoms with Gasteiger partial charge in [0.2, 0.25) is 0 Å². The summed E-state index contributed by atoms with van der Waals surface area (Å²) in [4.78, 5) is 26.6. The SMILES string of the molecule is CC1(C)CC(=O)C=C(C(=O)N(Cc2ccccc2)Cc2ccco2)O1. The van der Waals surface area contributed by atoms with E-state index in [2.05, 4.69) is 0 Å². The number of amides is 1. The maximum absolute atomic E-state index is 13.0. The molecule has 0 spiro atoms. The van der Waals surface area contributed by atoms with Crippen molar-refractivity contribution in [1.82, 2.24) is 4.90 Å². The maximum atomic E-state index is 13.0. The number of rotatable bonds is 5. The number of benzene rings is 1. The molecule has 0 bridgehead atoms. The predicted octanol–water partition coefficient (Wildman–Crippen LogP) is 3.46. The molecule has 1 aromatic heterocycles. The van der Waals surface area contributed by atoms with Crippen LogP contribution in [0.3, 0.4) is 0 Å². The van der Waals surface area contributed by atoms with E-state index < -0.39 is 5.60 Å². The molecule has 0 saturated carbocycles. The Balaban J connectivity index is 1.85. The van der Waals surface area contributed by atoms with Crippen molar-refractivity contribution in [3.63, 3.8) is 0 Å². The van der Waals surface area contributed by atoms with Crippen molar-refractivity contribution in [3.8, 4) is 0 Å². The van der Waals surface area contributed by atoms with Crippen LogP contribution in [0, 0.1) is 0 Å². The molecule has 0 N–H and O–H groups in total. The molecule has 0 aliphatic carbocycles. The standard InChI is InChI=1S/C20H21NO4/c1-20(2)12-16(22)11-18(25-20)19(23)21(14-17-9-6-10-24-17)13-15-7-4-3-5-8-15/h3-11H,12-14H2,1-2H3. The Morgan fingerprint density at radius 3 is 2.52 bits per heavy atom. The van der Waals surface area contributed by atoms with Gasteiger partial charge in [0, 0.05) is 19.0 Å². The molecule has 3 rings (SSSR count). The minimum absolute atomic E-state index is 0.0868. The molecular weight excluding hydrogens is 318 g/mol. The lowest BCUT2D eigenvalue weighted by molar-refractivity contribution is -0.139. The number of nitrogens with zero attached hydrogens (tertiary/aromatic N) is 1.